The van der Waals surface area contributed by atoms with Crippen LogP contribution in [0.15, 0.2) is 166 Å². The van der Waals surface area contributed by atoms with Crippen molar-refractivity contribution in [2.45, 2.75) is 401 Å². The highest BCUT2D eigenvalue weighted by Crippen LogP contribution is 2.54. The highest BCUT2D eigenvalue weighted by Gasteiger charge is 2.42. The molecule has 2 N–H and O–H groups in total. The van der Waals surface area contributed by atoms with Crippen molar-refractivity contribution in [3.8, 4) is 41.8 Å². The number of aryl methyl sites for hydroxylation is 10. The number of thiophene rings is 8. The minimum absolute atomic E-state index is 0.312. The summed E-state index contributed by atoms with van der Waals surface area (Å²) in [5.74, 6) is -0.623. The van der Waals surface area contributed by atoms with E-state index < -0.39 is 11.2 Å². The predicted octanol–water partition coefficient (Wildman–Crippen LogP) is 40.7. The number of aliphatic hydroxyl groups is 2. The molecule has 0 aliphatic carbocycles. The largest absolute Gasteiger partial charge is 0.465 e. The number of unbranched alkanes of at least 4 members (excludes halogenated alkanes) is 30. The Morgan fingerprint density at radius 2 is 0.439 bits per heavy atom. The molecule has 5 aromatic carbocycles. The first kappa shape index (κ1) is 113. The minimum Gasteiger partial charge on any atom is -0.465 e. The molecule has 13 rings (SSSR count). The highest BCUT2D eigenvalue weighted by atomic mass is 79.9. The Labute approximate surface area is 879 Å². The summed E-state index contributed by atoms with van der Waals surface area (Å²) in [6.07, 6.45) is 60.7. The molecule has 0 saturated carbocycles. The van der Waals surface area contributed by atoms with Gasteiger partial charge in [0, 0.05) is 65.0 Å². The van der Waals surface area contributed by atoms with E-state index in [4.69, 9.17) is 9.47 Å². The Morgan fingerprint density at radius 1 is 0.252 bits per heavy atom. The number of esters is 2. The third-order valence-corrected chi connectivity index (χ3v) is 36.6. The van der Waals surface area contributed by atoms with E-state index in [0.717, 1.165) is 125 Å². The number of ether oxygens (including phenoxy) is 2. The molecular weight excluding hydrogens is 1920 g/mol. The van der Waals surface area contributed by atoms with Crippen LogP contribution in [-0.2, 0) is 84.9 Å². The standard InChI is InChI=1S/C88H124O2S4.C18H29Br.C18H12O4S4/c1-9-17-25-33-41-67-53-68(42-34-26-18-10-2)58-75(57-67)87(89,76-59-69(43-35-27-19-11-3)54-70(60-76)44-36-28-20-12-4)85-79(49-51-91-85)81-65-83-84(93-81)66-82(94-83)80-50-52-92-86(80)88(90,77-61-71(45-37-29-21-13-5)55-72(62-77)46-38-30-22-14-6)78-63-73(47-39-31-23-15-7)56-74(64-78)48-40-32-24-16-8;1-3-5-7-9-11-16-13-17(15-18(19)14-16)12-10-8-6-4-2;1-21-17(19)15-9(3-5-23-15)11-7-13-14(25-11)8-12(26-13)10-4-6-24-16(10)18(20)22-2/h49-66,89-90H,9-48H2,1-8H3;13-15H,3-12H2,1-2H3;3-8H,1-2H3. The lowest BCUT2D eigenvalue weighted by Crippen LogP contribution is -2.29. The van der Waals surface area contributed by atoms with Crippen LogP contribution in [0.1, 0.15) is 433 Å². The van der Waals surface area contributed by atoms with Crippen molar-refractivity contribution in [2.24, 2.45) is 0 Å². The van der Waals surface area contributed by atoms with Gasteiger partial charge < -0.3 is 19.7 Å². The summed E-state index contributed by atoms with van der Waals surface area (Å²) in [6, 6.07) is 53.8. The lowest BCUT2D eigenvalue weighted by molar-refractivity contribution is 0.0598. The maximum absolute atomic E-state index is 14.6. The van der Waals surface area contributed by atoms with E-state index in [0.29, 0.717) is 9.75 Å². The number of halogens is 1. The molecule has 0 aliphatic heterocycles. The fraction of sp³-hybridized carbons (Fsp3) is 0.516. The van der Waals surface area contributed by atoms with Crippen molar-refractivity contribution >= 4 is 137 Å². The van der Waals surface area contributed by atoms with Gasteiger partial charge in [-0.3, -0.25) is 0 Å². The number of rotatable bonds is 62. The fourth-order valence-corrected chi connectivity index (χ4v) is 29.3. The van der Waals surface area contributed by atoms with Gasteiger partial charge in [-0.15, -0.1) is 90.7 Å². The van der Waals surface area contributed by atoms with Crippen LogP contribution in [0.2, 0.25) is 0 Å². The van der Waals surface area contributed by atoms with E-state index in [1.54, 1.807) is 45.3 Å². The number of carbonyl (C=O) groups is 2. The van der Waals surface area contributed by atoms with Crippen LogP contribution >= 0.6 is 107 Å². The molecule has 15 heteroatoms. The van der Waals surface area contributed by atoms with E-state index in [9.17, 15) is 19.8 Å². The maximum atomic E-state index is 14.6. The van der Waals surface area contributed by atoms with Gasteiger partial charge in [-0.25, -0.2) is 9.59 Å². The van der Waals surface area contributed by atoms with E-state index >= 15 is 0 Å². The summed E-state index contributed by atoms with van der Waals surface area (Å²) >= 11 is 16.9. The minimum atomic E-state index is -1.36. The lowest BCUT2D eigenvalue weighted by Gasteiger charge is -2.32. The molecule has 0 amide bonds. The average molecular weight is 2090 g/mol. The molecule has 0 aliphatic rings. The zero-order chi connectivity index (χ0) is 98.6. The van der Waals surface area contributed by atoms with Crippen LogP contribution in [0.4, 0.5) is 0 Å². The molecule has 6 nitrogen and oxygen atoms in total. The molecule has 0 fully saturated rings. The Hall–Kier alpha value is -6.44. The summed E-state index contributed by atoms with van der Waals surface area (Å²) in [7, 11) is 2.79. The van der Waals surface area contributed by atoms with Crippen molar-refractivity contribution in [3.63, 3.8) is 0 Å². The second-order valence-electron chi connectivity index (χ2n) is 39.2. The number of hydrogen-bond acceptors (Lipinski definition) is 14. The molecule has 752 valence electrons. The number of methoxy groups -OCH3 is 2. The van der Waals surface area contributed by atoms with Crippen LogP contribution in [0.5, 0.6) is 0 Å². The van der Waals surface area contributed by atoms with Crippen molar-refractivity contribution in [1.82, 2.24) is 0 Å². The van der Waals surface area contributed by atoms with Gasteiger partial charge in [-0.1, -0.05) is 357 Å². The van der Waals surface area contributed by atoms with Crippen molar-refractivity contribution < 1.29 is 29.3 Å². The number of hydrogen-bond donors (Lipinski definition) is 2. The highest BCUT2D eigenvalue weighted by molar-refractivity contribution is 9.10. The first-order valence-corrected chi connectivity index (χ1v) is 61.8. The van der Waals surface area contributed by atoms with Gasteiger partial charge in [-0.2, -0.15) is 0 Å². The molecule has 8 heterocycles. The number of fused-ring (bicyclic) bond motifs is 2. The fourth-order valence-electron chi connectivity index (χ4n) is 19.7. The molecule has 0 spiro atoms. The molecule has 0 atom stereocenters. The third-order valence-electron chi connectivity index (χ3n) is 27.6. The van der Waals surface area contributed by atoms with Gasteiger partial charge in [0.1, 0.15) is 21.0 Å². The van der Waals surface area contributed by atoms with Crippen molar-refractivity contribution in [3.05, 3.63) is 263 Å². The first-order chi connectivity index (χ1) is 67.9. The Kier molecular flexibility index (Phi) is 49.6. The SMILES string of the molecule is CCCCCCc1cc(Br)cc(CCCCCC)c1.CCCCCCc1cc(CCCCCC)cc(C(O)(c2cc(CCCCCC)cc(CCCCCC)c2)c2sccc2-c2cc3sc(-c4ccsc4C(O)(c4cc(CCCCCC)cc(CCCCCC)c4)c4cc(CCCCCC)cc(CCCCCC)c4)cc3s2)c1.COC(=O)c1sccc1-c1cc2sc(-c3ccsc3C(=O)OC)cc2s1. The summed E-state index contributed by atoms with van der Waals surface area (Å²) < 4.78 is 15.8. The van der Waals surface area contributed by atoms with Crippen LogP contribution in [0.3, 0.4) is 0 Å². The zero-order valence-corrected chi connectivity index (χ0v) is 94.7. The summed E-state index contributed by atoms with van der Waals surface area (Å²) in [5, 5.41) is 37.5. The van der Waals surface area contributed by atoms with E-state index in [1.807, 2.05) is 45.6 Å². The van der Waals surface area contributed by atoms with E-state index in [-0.39, 0.29) is 11.9 Å². The monoisotopic (exact) mass is 2080 g/mol. The summed E-state index contributed by atoms with van der Waals surface area (Å²) in [6.45, 7) is 23.0. The Bertz CT molecular complexity index is 5100. The van der Waals surface area contributed by atoms with Crippen molar-refractivity contribution in [1.29, 1.82) is 0 Å². The van der Waals surface area contributed by atoms with Gasteiger partial charge >= 0.3 is 11.9 Å². The normalized spacial score (nSPS) is 11.8. The quantitative estimate of drug-likeness (QED) is 0.0291. The lowest BCUT2D eigenvalue weighted by atomic mass is 9.79. The van der Waals surface area contributed by atoms with Gasteiger partial charge in [0.25, 0.3) is 0 Å². The second kappa shape index (κ2) is 61.1. The smallest absolute Gasteiger partial charge is 0.348 e. The average Bonchev–Trinajstić information content (AvgIpc) is 1.52. The zero-order valence-electron chi connectivity index (χ0n) is 86.6. The van der Waals surface area contributed by atoms with Crippen LogP contribution in [0.25, 0.3) is 60.6 Å². The van der Waals surface area contributed by atoms with Gasteiger partial charge in [0.2, 0.25) is 0 Å². The maximum Gasteiger partial charge on any atom is 0.348 e. The summed E-state index contributed by atoms with van der Waals surface area (Å²) in [4.78, 5) is 31.6. The molecule has 0 saturated heterocycles. The predicted molar refractivity (Wildman–Crippen MR) is 618 cm³/mol. The van der Waals surface area contributed by atoms with Gasteiger partial charge in [0.05, 0.1) is 24.0 Å². The number of benzene rings is 5. The summed E-state index contributed by atoms with van der Waals surface area (Å²) in [5.41, 5.74) is 19.5. The van der Waals surface area contributed by atoms with Crippen LogP contribution < -0.4 is 0 Å². The Morgan fingerprint density at radius 3 is 0.640 bits per heavy atom. The van der Waals surface area contributed by atoms with E-state index in [1.165, 1.54) is 386 Å². The van der Waals surface area contributed by atoms with Crippen LogP contribution in [-0.4, -0.2) is 36.4 Å². The van der Waals surface area contributed by atoms with Crippen LogP contribution in [0, 0.1) is 0 Å². The van der Waals surface area contributed by atoms with Crippen molar-refractivity contribution in [2.75, 3.05) is 14.2 Å². The molecule has 8 aromatic heterocycles. The second-order valence-corrected chi connectivity index (χ2v) is 48.1. The Balaban J connectivity index is 0.000000330. The topological polar surface area (TPSA) is 93.1 Å². The molecule has 0 radical (unpaired) electrons. The molecule has 139 heavy (non-hydrogen) atoms. The third kappa shape index (κ3) is 33.3. The molecular formula is C124H165BrO6S8. The van der Waals surface area contributed by atoms with Gasteiger partial charge in [0.15, 0.2) is 0 Å². The molecule has 13 aromatic rings. The first-order valence-electron chi connectivity index (χ1n) is 54.2. The van der Waals surface area contributed by atoms with Gasteiger partial charge in [-0.05, 0) is 288 Å². The molecule has 0 unspecified atom stereocenters. The molecule has 0 bridgehead atoms. The van der Waals surface area contributed by atoms with E-state index in [2.05, 4.69) is 223 Å². The number of carbonyl (C=O) groups excluding carboxylic acids is 2.